The average Bonchev–Trinajstić information content (AvgIpc) is 2.46. The summed E-state index contributed by atoms with van der Waals surface area (Å²) in [6, 6.07) is 14.1. The third-order valence-electron chi connectivity index (χ3n) is 2.89. The highest BCUT2D eigenvalue weighted by atomic mass is 79.9. The van der Waals surface area contributed by atoms with Crippen LogP contribution < -0.4 is 4.74 Å². The van der Waals surface area contributed by atoms with Crippen LogP contribution in [0.1, 0.15) is 16.0 Å². The molecule has 0 aromatic heterocycles. The minimum absolute atomic E-state index is 0.0783. The van der Waals surface area contributed by atoms with Crippen molar-refractivity contribution in [2.24, 2.45) is 0 Å². The molecule has 4 heteroatoms. The van der Waals surface area contributed by atoms with Crippen LogP contribution in [0.3, 0.4) is 0 Å². The summed E-state index contributed by atoms with van der Waals surface area (Å²) in [5.41, 5.74) is 2.27. The van der Waals surface area contributed by atoms with E-state index in [1.54, 1.807) is 18.9 Å². The molecule has 0 saturated carbocycles. The number of ether oxygens (including phenoxy) is 1. The zero-order valence-electron chi connectivity index (χ0n) is 10.7. The van der Waals surface area contributed by atoms with E-state index in [1.165, 1.54) is 10.5 Å². The molecule has 0 aliphatic carbocycles. The van der Waals surface area contributed by atoms with Crippen molar-refractivity contribution in [2.75, 3.05) is 13.4 Å². The van der Waals surface area contributed by atoms with Crippen molar-refractivity contribution < 1.29 is 4.74 Å². The minimum Gasteiger partial charge on any atom is -0.497 e. The van der Waals surface area contributed by atoms with Crippen molar-refractivity contribution in [1.29, 1.82) is 0 Å². The van der Waals surface area contributed by atoms with Crippen LogP contribution in [0.5, 0.6) is 5.75 Å². The van der Waals surface area contributed by atoms with Crippen LogP contribution in [0.4, 0.5) is 0 Å². The second-order valence-corrected chi connectivity index (χ2v) is 6.16. The summed E-state index contributed by atoms with van der Waals surface area (Å²) in [6.07, 6.45) is 2.08. The number of thioether (sulfide) groups is 1. The third-order valence-corrected chi connectivity index (χ3v) is 5.02. The van der Waals surface area contributed by atoms with Gasteiger partial charge in [-0.15, -0.1) is 11.8 Å². The minimum atomic E-state index is 0.0783. The maximum atomic E-state index is 6.33. The number of rotatable bonds is 4. The fourth-order valence-electron chi connectivity index (χ4n) is 1.88. The van der Waals surface area contributed by atoms with Crippen molar-refractivity contribution in [3.63, 3.8) is 0 Å². The van der Waals surface area contributed by atoms with Gasteiger partial charge in [-0.25, -0.2) is 0 Å². The molecule has 2 aromatic rings. The van der Waals surface area contributed by atoms with Gasteiger partial charge in [-0.05, 0) is 35.6 Å². The van der Waals surface area contributed by atoms with Crippen molar-refractivity contribution in [2.45, 2.75) is 9.72 Å². The number of methoxy groups -OCH3 is 1. The Morgan fingerprint density at radius 2 is 1.89 bits per heavy atom. The monoisotopic (exact) mass is 356 g/mol. The van der Waals surface area contributed by atoms with Crippen LogP contribution in [0.25, 0.3) is 0 Å². The zero-order chi connectivity index (χ0) is 13.8. The second kappa shape index (κ2) is 6.69. The Hall–Kier alpha value is -0.640. The quantitative estimate of drug-likeness (QED) is 0.523. The van der Waals surface area contributed by atoms with Gasteiger partial charge in [0.25, 0.3) is 0 Å². The van der Waals surface area contributed by atoms with E-state index in [2.05, 4.69) is 34.3 Å². The molecule has 1 unspecified atom stereocenters. The summed E-state index contributed by atoms with van der Waals surface area (Å²) in [4.78, 5) is 1.32. The molecule has 0 heterocycles. The normalized spacial score (nSPS) is 12.2. The molecule has 0 amide bonds. The van der Waals surface area contributed by atoms with Crippen molar-refractivity contribution >= 4 is 39.3 Å². The Kier molecular flexibility index (Phi) is 5.20. The maximum Gasteiger partial charge on any atom is 0.120 e. The molecule has 0 bridgehead atoms. The van der Waals surface area contributed by atoms with Gasteiger partial charge in [0.05, 0.1) is 11.9 Å². The van der Waals surface area contributed by atoms with Crippen LogP contribution in [-0.4, -0.2) is 13.4 Å². The fraction of sp³-hybridized carbons (Fsp3) is 0.200. The van der Waals surface area contributed by atoms with Gasteiger partial charge in [-0.3, -0.25) is 0 Å². The Bertz CT molecular complexity index is 574. The van der Waals surface area contributed by atoms with E-state index >= 15 is 0 Å². The molecule has 1 atom stereocenters. The summed E-state index contributed by atoms with van der Waals surface area (Å²) in [6.45, 7) is 0. The van der Waals surface area contributed by atoms with Gasteiger partial charge in [-0.1, -0.05) is 51.8 Å². The van der Waals surface area contributed by atoms with Gasteiger partial charge < -0.3 is 4.74 Å². The summed E-state index contributed by atoms with van der Waals surface area (Å²) in [5.74, 6) is 0.770. The first-order chi connectivity index (χ1) is 9.17. The second-order valence-electron chi connectivity index (χ2n) is 3.99. The molecule has 0 spiro atoms. The molecule has 1 nitrogen and oxygen atoms in total. The van der Waals surface area contributed by atoms with E-state index < -0.39 is 0 Å². The predicted molar refractivity (Wildman–Crippen MR) is 87.0 cm³/mol. The highest BCUT2D eigenvalue weighted by molar-refractivity contribution is 9.09. The summed E-state index contributed by atoms with van der Waals surface area (Å²) in [7, 11) is 1.64. The highest BCUT2D eigenvalue weighted by Gasteiger charge is 2.17. The van der Waals surface area contributed by atoms with Gasteiger partial charge in [0.15, 0.2) is 0 Å². The van der Waals surface area contributed by atoms with Crippen LogP contribution in [0.15, 0.2) is 47.4 Å². The Balaban J connectivity index is 2.41. The Morgan fingerprint density at radius 1 is 1.16 bits per heavy atom. The first-order valence-corrected chi connectivity index (χ1v) is 8.29. The lowest BCUT2D eigenvalue weighted by Crippen LogP contribution is -1.96. The predicted octanol–water partition coefficient (Wildman–Crippen LogP) is 5.55. The van der Waals surface area contributed by atoms with Crippen LogP contribution in [-0.2, 0) is 0 Å². The molecule has 2 aromatic carbocycles. The molecule has 0 saturated heterocycles. The molecule has 0 fully saturated rings. The van der Waals surface area contributed by atoms with Gasteiger partial charge in [0.1, 0.15) is 5.75 Å². The molecule has 19 heavy (non-hydrogen) atoms. The maximum absolute atomic E-state index is 6.33. The van der Waals surface area contributed by atoms with E-state index in [9.17, 15) is 0 Å². The largest absolute Gasteiger partial charge is 0.497 e. The molecular formula is C15H14BrClOS. The smallest absolute Gasteiger partial charge is 0.120 e. The van der Waals surface area contributed by atoms with E-state index in [1.807, 2.05) is 30.3 Å². The number of halogens is 2. The van der Waals surface area contributed by atoms with Crippen LogP contribution in [0, 0.1) is 0 Å². The van der Waals surface area contributed by atoms with Gasteiger partial charge >= 0.3 is 0 Å². The summed E-state index contributed by atoms with van der Waals surface area (Å²) < 4.78 is 5.18. The topological polar surface area (TPSA) is 9.23 Å². The highest BCUT2D eigenvalue weighted by Crippen LogP contribution is 2.40. The van der Waals surface area contributed by atoms with Crippen LogP contribution in [0.2, 0.25) is 5.02 Å². The SMILES string of the molecule is COc1ccc(C(Br)c2ccccc2SC)c(Cl)c1. The molecule has 0 aliphatic rings. The Morgan fingerprint density at radius 3 is 2.53 bits per heavy atom. The van der Waals surface area contributed by atoms with Gasteiger partial charge in [-0.2, -0.15) is 0 Å². The van der Waals surface area contributed by atoms with E-state index in [0.29, 0.717) is 5.02 Å². The molecule has 0 aliphatic heterocycles. The Labute approximate surface area is 131 Å². The lowest BCUT2D eigenvalue weighted by molar-refractivity contribution is 0.414. The summed E-state index contributed by atoms with van der Waals surface area (Å²) in [5, 5.41) is 0.706. The zero-order valence-corrected chi connectivity index (χ0v) is 13.8. The number of alkyl halides is 1. The fourth-order valence-corrected chi connectivity index (χ4v) is 3.88. The van der Waals surface area contributed by atoms with E-state index in [4.69, 9.17) is 16.3 Å². The lowest BCUT2D eigenvalue weighted by Gasteiger charge is -2.16. The molecule has 0 radical (unpaired) electrons. The first-order valence-electron chi connectivity index (χ1n) is 5.77. The van der Waals surface area contributed by atoms with Crippen molar-refractivity contribution in [1.82, 2.24) is 0 Å². The van der Waals surface area contributed by atoms with E-state index in [0.717, 1.165) is 11.3 Å². The van der Waals surface area contributed by atoms with Crippen molar-refractivity contribution in [3.05, 3.63) is 58.6 Å². The number of benzene rings is 2. The van der Waals surface area contributed by atoms with Gasteiger partial charge in [0, 0.05) is 9.92 Å². The molecular weight excluding hydrogens is 344 g/mol. The lowest BCUT2D eigenvalue weighted by atomic mass is 10.0. The average molecular weight is 358 g/mol. The first kappa shape index (κ1) is 14.8. The van der Waals surface area contributed by atoms with Crippen molar-refractivity contribution in [3.8, 4) is 5.75 Å². The standard InChI is InChI=1S/C15H14BrClOS/c1-18-10-7-8-11(13(17)9-10)15(16)12-5-3-4-6-14(12)19-2/h3-9,15H,1-2H3. The number of hydrogen-bond donors (Lipinski definition) is 0. The summed E-state index contributed by atoms with van der Waals surface area (Å²) >= 11 is 11.8. The third kappa shape index (κ3) is 3.28. The molecule has 0 N–H and O–H groups in total. The van der Waals surface area contributed by atoms with Gasteiger partial charge in [0.2, 0.25) is 0 Å². The number of hydrogen-bond acceptors (Lipinski definition) is 2. The molecule has 2 rings (SSSR count). The molecule has 100 valence electrons. The van der Waals surface area contributed by atoms with Crippen LogP contribution >= 0.6 is 39.3 Å². The van der Waals surface area contributed by atoms with E-state index in [-0.39, 0.29) is 4.83 Å².